The maximum absolute atomic E-state index is 15.0. The van der Waals surface area contributed by atoms with Crippen LogP contribution < -0.4 is 0 Å². The molecule has 6 rings (SSSR count). The van der Waals surface area contributed by atoms with Crippen LogP contribution in [0.5, 0.6) is 0 Å². The Bertz CT molecular complexity index is 1220. The van der Waals surface area contributed by atoms with E-state index in [1.54, 1.807) is 0 Å². The minimum absolute atomic E-state index is 0.0746. The molecule has 2 saturated heterocycles. The van der Waals surface area contributed by atoms with Crippen molar-refractivity contribution in [2.45, 2.75) is 144 Å². The van der Waals surface area contributed by atoms with Gasteiger partial charge in [-0.1, -0.05) is 80.0 Å². The van der Waals surface area contributed by atoms with Gasteiger partial charge in [-0.3, -0.25) is 4.79 Å². The number of hydrogen-bond donors (Lipinski definition) is 0. The highest BCUT2D eigenvalue weighted by Crippen LogP contribution is 2.73. The van der Waals surface area contributed by atoms with E-state index in [0.717, 1.165) is 50.7 Å². The van der Waals surface area contributed by atoms with Crippen molar-refractivity contribution in [1.29, 1.82) is 0 Å². The third kappa shape index (κ3) is 3.39. The highest BCUT2D eigenvalue weighted by Gasteiger charge is 2.72. The fourth-order valence-electron chi connectivity index (χ4n) is 11.0. The molecular weight excluding hydrogens is 482 g/mol. The SMILES string of the molecule is CC(C)C1O[C@@]23CCC(C)(C)CC[C@@]1(C)CC[C@@]2(C)[C@]1(C)CC[C@H]2C(C)(C)c4oncc4C[C@]2(C)C1=CC3=O. The molecular formula is C35H53NO3. The first-order valence-electron chi connectivity index (χ1n) is 15.8. The Morgan fingerprint density at radius 2 is 1.56 bits per heavy atom. The first kappa shape index (κ1) is 27.7. The van der Waals surface area contributed by atoms with Gasteiger partial charge in [-0.2, -0.15) is 0 Å². The van der Waals surface area contributed by atoms with Crippen LogP contribution in [0.2, 0.25) is 0 Å². The van der Waals surface area contributed by atoms with Crippen molar-refractivity contribution in [2.75, 3.05) is 0 Å². The lowest BCUT2D eigenvalue weighted by atomic mass is 9.37. The van der Waals surface area contributed by atoms with Gasteiger partial charge >= 0.3 is 0 Å². The van der Waals surface area contributed by atoms with Gasteiger partial charge in [0.1, 0.15) is 11.4 Å². The number of ketones is 1. The van der Waals surface area contributed by atoms with E-state index in [1.807, 2.05) is 6.20 Å². The van der Waals surface area contributed by atoms with Crippen molar-refractivity contribution in [1.82, 2.24) is 5.16 Å². The Morgan fingerprint density at radius 3 is 2.26 bits per heavy atom. The zero-order valence-electron chi connectivity index (χ0n) is 26.4. The van der Waals surface area contributed by atoms with Crippen molar-refractivity contribution in [3.8, 4) is 0 Å². The minimum Gasteiger partial charge on any atom is -0.362 e. The molecule has 0 N–H and O–H groups in total. The first-order valence-corrected chi connectivity index (χ1v) is 15.8. The molecule has 1 aromatic heterocycles. The second kappa shape index (κ2) is 8.11. The van der Waals surface area contributed by atoms with Gasteiger partial charge in [0.25, 0.3) is 0 Å². The number of allylic oxidation sites excluding steroid dienone is 1. The molecule has 5 aliphatic rings. The summed E-state index contributed by atoms with van der Waals surface area (Å²) in [5.41, 5.74) is 1.53. The Kier molecular flexibility index (Phi) is 5.77. The number of rotatable bonds is 1. The predicted molar refractivity (Wildman–Crippen MR) is 155 cm³/mol. The van der Waals surface area contributed by atoms with Gasteiger partial charge in [0.15, 0.2) is 5.78 Å². The summed E-state index contributed by atoms with van der Waals surface area (Å²) < 4.78 is 13.4. The summed E-state index contributed by atoms with van der Waals surface area (Å²) in [4.78, 5) is 15.0. The van der Waals surface area contributed by atoms with Crippen molar-refractivity contribution < 1.29 is 14.1 Å². The molecule has 1 spiro atoms. The van der Waals surface area contributed by atoms with Crippen molar-refractivity contribution in [3.63, 3.8) is 0 Å². The molecule has 0 amide bonds. The van der Waals surface area contributed by atoms with E-state index < -0.39 is 5.60 Å². The molecule has 39 heavy (non-hydrogen) atoms. The lowest BCUT2D eigenvalue weighted by Crippen LogP contribution is -2.68. The Labute approximate surface area is 237 Å². The van der Waals surface area contributed by atoms with Crippen LogP contribution in [0.4, 0.5) is 0 Å². The minimum atomic E-state index is -0.769. The van der Waals surface area contributed by atoms with Gasteiger partial charge in [0.2, 0.25) is 0 Å². The Morgan fingerprint density at radius 1 is 0.897 bits per heavy atom. The topological polar surface area (TPSA) is 52.3 Å². The van der Waals surface area contributed by atoms with E-state index in [0.29, 0.717) is 11.8 Å². The molecule has 4 heteroatoms. The van der Waals surface area contributed by atoms with E-state index in [-0.39, 0.29) is 44.4 Å². The van der Waals surface area contributed by atoms with Crippen molar-refractivity contribution in [2.24, 2.45) is 38.9 Å². The molecule has 3 aliphatic carbocycles. The number of carbonyl (C=O) groups excluding carboxylic acids is 1. The number of nitrogens with zero attached hydrogens (tertiary/aromatic N) is 1. The van der Waals surface area contributed by atoms with Gasteiger partial charge < -0.3 is 9.26 Å². The van der Waals surface area contributed by atoms with Crippen LogP contribution in [0.1, 0.15) is 132 Å². The lowest BCUT2D eigenvalue weighted by Gasteiger charge is -2.67. The average Bonchev–Trinajstić information content (AvgIpc) is 3.28. The smallest absolute Gasteiger partial charge is 0.188 e. The first-order chi connectivity index (χ1) is 18.0. The standard InChI is InChI=1S/C35H53NO3/c1-22(2)27-31(7)15-13-29(3,4)14-18-35(38-27)26(37)19-25-32(8)20-23-21-36-39-28(23)30(5,6)24(32)11-12-33(25,9)34(35,10)17-16-31/h19,21-22,24,27H,11-18,20H2,1-10H3/t24-,27?,31-,32-,33+,34-,35+/m0/s1. The molecule has 2 aliphatic heterocycles. The number of hydrogen-bond acceptors (Lipinski definition) is 4. The van der Waals surface area contributed by atoms with Gasteiger partial charge in [-0.25, -0.2) is 0 Å². The Balaban J connectivity index is 1.57. The average molecular weight is 536 g/mol. The third-order valence-electron chi connectivity index (χ3n) is 13.7. The monoisotopic (exact) mass is 535 g/mol. The molecule has 2 bridgehead atoms. The van der Waals surface area contributed by atoms with Crippen LogP contribution in [0.15, 0.2) is 22.4 Å². The van der Waals surface area contributed by atoms with Crippen LogP contribution in [0.3, 0.4) is 0 Å². The summed E-state index contributed by atoms with van der Waals surface area (Å²) in [6.07, 6.45) is 13.7. The quantitative estimate of drug-likeness (QED) is 0.361. The lowest BCUT2D eigenvalue weighted by molar-refractivity contribution is -0.219. The summed E-state index contributed by atoms with van der Waals surface area (Å²) in [5, 5.41) is 4.24. The van der Waals surface area contributed by atoms with Gasteiger partial charge in [0.05, 0.1) is 12.3 Å². The maximum atomic E-state index is 15.0. The molecule has 3 heterocycles. The number of aromatic nitrogens is 1. The third-order valence-corrected chi connectivity index (χ3v) is 13.7. The van der Waals surface area contributed by atoms with E-state index in [1.165, 1.54) is 24.0 Å². The summed E-state index contributed by atoms with van der Waals surface area (Å²) in [6, 6.07) is 0. The van der Waals surface area contributed by atoms with E-state index in [2.05, 4.69) is 80.5 Å². The van der Waals surface area contributed by atoms with Crippen LogP contribution in [-0.4, -0.2) is 22.6 Å². The molecule has 4 nitrogen and oxygen atoms in total. The predicted octanol–water partition coefficient (Wildman–Crippen LogP) is 8.63. The number of ether oxygens (including phenoxy) is 1. The highest BCUT2D eigenvalue weighted by atomic mass is 16.5. The fraction of sp³-hybridized carbons (Fsp3) is 0.829. The second-order valence-corrected chi connectivity index (χ2v) is 17.1. The molecule has 7 atom stereocenters. The summed E-state index contributed by atoms with van der Waals surface area (Å²) in [7, 11) is 0. The number of carbonyl (C=O) groups is 1. The zero-order valence-corrected chi connectivity index (χ0v) is 26.4. The highest BCUT2D eigenvalue weighted by molar-refractivity contribution is 6.00. The van der Waals surface area contributed by atoms with Gasteiger partial charge in [0, 0.05) is 16.4 Å². The molecule has 1 unspecified atom stereocenters. The summed E-state index contributed by atoms with van der Waals surface area (Å²) in [5.74, 6) is 2.09. The molecule has 1 aromatic rings. The van der Waals surface area contributed by atoms with Gasteiger partial charge in [-0.05, 0) is 97.4 Å². The fourth-order valence-corrected chi connectivity index (χ4v) is 11.0. The van der Waals surface area contributed by atoms with E-state index >= 15 is 0 Å². The van der Waals surface area contributed by atoms with Crippen LogP contribution in [-0.2, 0) is 21.4 Å². The van der Waals surface area contributed by atoms with Crippen LogP contribution in [0.25, 0.3) is 0 Å². The maximum Gasteiger partial charge on any atom is 0.188 e. The van der Waals surface area contributed by atoms with Crippen molar-refractivity contribution >= 4 is 5.78 Å². The van der Waals surface area contributed by atoms with Crippen LogP contribution in [0, 0.1) is 38.9 Å². The van der Waals surface area contributed by atoms with E-state index in [4.69, 9.17) is 9.26 Å². The Hall–Kier alpha value is -1.42. The van der Waals surface area contributed by atoms with Crippen molar-refractivity contribution in [3.05, 3.63) is 29.2 Å². The zero-order chi connectivity index (χ0) is 28.4. The van der Waals surface area contributed by atoms with Gasteiger partial charge in [-0.15, -0.1) is 0 Å². The summed E-state index contributed by atoms with van der Waals surface area (Å²) in [6.45, 7) is 24.0. The van der Waals surface area contributed by atoms with Crippen LogP contribution >= 0.6 is 0 Å². The largest absolute Gasteiger partial charge is 0.362 e. The molecule has 3 fully saturated rings. The molecule has 216 valence electrons. The molecule has 0 aromatic carbocycles. The second-order valence-electron chi connectivity index (χ2n) is 17.1. The van der Waals surface area contributed by atoms with E-state index in [9.17, 15) is 4.79 Å². The molecule has 0 radical (unpaired) electrons. The number of fused-ring (bicyclic) bond motifs is 7. The normalized spacial score (nSPS) is 46.5. The summed E-state index contributed by atoms with van der Waals surface area (Å²) >= 11 is 0. The molecule has 1 saturated carbocycles.